The van der Waals surface area contributed by atoms with Crippen LogP contribution in [0.2, 0.25) is 0 Å². The highest BCUT2D eigenvalue weighted by molar-refractivity contribution is 5.92. The van der Waals surface area contributed by atoms with E-state index in [1.165, 1.54) is 4.90 Å². The molecule has 5 nitrogen and oxygen atoms in total. The minimum Gasteiger partial charge on any atom is -0.368 e. The second-order valence-electron chi connectivity index (χ2n) is 4.08. The first-order valence-electron chi connectivity index (χ1n) is 4.69. The molecule has 80 valence electrons. The second-order valence-corrected chi connectivity index (χ2v) is 4.08. The van der Waals surface area contributed by atoms with Crippen LogP contribution in [-0.2, 0) is 9.59 Å². The van der Waals surface area contributed by atoms with Crippen molar-refractivity contribution in [3.05, 3.63) is 0 Å². The second kappa shape index (κ2) is 3.57. The van der Waals surface area contributed by atoms with Crippen LogP contribution in [0.15, 0.2) is 0 Å². The largest absolute Gasteiger partial charge is 0.368 e. The van der Waals surface area contributed by atoms with Crippen molar-refractivity contribution >= 4 is 11.8 Å². The van der Waals surface area contributed by atoms with Crippen LogP contribution in [0.1, 0.15) is 20.3 Å². The van der Waals surface area contributed by atoms with Crippen molar-refractivity contribution in [2.75, 3.05) is 13.6 Å². The minimum absolute atomic E-state index is 0.0740. The Kier molecular flexibility index (Phi) is 2.80. The van der Waals surface area contributed by atoms with Gasteiger partial charge in [0.05, 0.1) is 5.54 Å². The number of likely N-dealkylation sites (tertiary alicyclic amines) is 1. The van der Waals surface area contributed by atoms with Crippen LogP contribution in [0, 0.1) is 0 Å². The fraction of sp³-hybridized carbons (Fsp3) is 0.778. The van der Waals surface area contributed by atoms with Crippen LogP contribution < -0.4 is 11.1 Å². The lowest BCUT2D eigenvalue weighted by atomic mass is 9.96. The van der Waals surface area contributed by atoms with Crippen molar-refractivity contribution in [3.8, 4) is 0 Å². The van der Waals surface area contributed by atoms with Gasteiger partial charge in [-0.05, 0) is 27.3 Å². The molecule has 14 heavy (non-hydrogen) atoms. The molecule has 0 spiro atoms. The van der Waals surface area contributed by atoms with Gasteiger partial charge < -0.3 is 16.0 Å². The molecule has 0 aliphatic carbocycles. The van der Waals surface area contributed by atoms with Gasteiger partial charge in [-0.2, -0.15) is 0 Å². The monoisotopic (exact) mass is 199 g/mol. The van der Waals surface area contributed by atoms with Crippen molar-refractivity contribution < 1.29 is 9.59 Å². The van der Waals surface area contributed by atoms with Crippen molar-refractivity contribution in [1.82, 2.24) is 10.2 Å². The number of primary amides is 1. The predicted molar refractivity (Wildman–Crippen MR) is 52.5 cm³/mol. The number of nitrogens with one attached hydrogen (secondary N) is 1. The summed E-state index contributed by atoms with van der Waals surface area (Å²) in [6.45, 7) is 4.19. The fourth-order valence-electron chi connectivity index (χ4n) is 1.39. The first kappa shape index (κ1) is 11.0. The quantitative estimate of drug-likeness (QED) is 0.616. The van der Waals surface area contributed by atoms with Gasteiger partial charge in [0.2, 0.25) is 11.8 Å². The van der Waals surface area contributed by atoms with Crippen molar-refractivity contribution in [3.63, 3.8) is 0 Å². The summed E-state index contributed by atoms with van der Waals surface area (Å²) in [5.74, 6) is -0.494. The summed E-state index contributed by atoms with van der Waals surface area (Å²) in [6, 6.07) is -0.407. The van der Waals surface area contributed by atoms with Crippen molar-refractivity contribution in [1.29, 1.82) is 0 Å². The lowest BCUT2D eigenvalue weighted by Crippen LogP contribution is -2.64. The van der Waals surface area contributed by atoms with E-state index >= 15 is 0 Å². The molecule has 3 N–H and O–H groups in total. The maximum Gasteiger partial charge on any atom is 0.242 e. The molecule has 0 saturated carbocycles. The van der Waals surface area contributed by atoms with Crippen LogP contribution >= 0.6 is 0 Å². The molecule has 1 heterocycles. The Bertz CT molecular complexity index is 263. The molecule has 5 heteroatoms. The van der Waals surface area contributed by atoms with E-state index in [0.29, 0.717) is 13.0 Å². The number of hydrogen-bond acceptors (Lipinski definition) is 3. The predicted octanol–water partition coefficient (Wildman–Crippen LogP) is -0.929. The minimum atomic E-state index is -0.631. The molecule has 0 bridgehead atoms. The molecule has 1 aliphatic rings. The number of hydrogen-bond donors (Lipinski definition) is 2. The number of nitrogens with zero attached hydrogens (tertiary/aromatic N) is 1. The Morgan fingerprint density at radius 3 is 2.36 bits per heavy atom. The van der Waals surface area contributed by atoms with Crippen LogP contribution in [0.25, 0.3) is 0 Å². The first-order valence-corrected chi connectivity index (χ1v) is 4.69. The summed E-state index contributed by atoms with van der Waals surface area (Å²) in [5.41, 5.74) is 4.53. The molecule has 0 aromatic rings. The molecular formula is C9H17N3O2. The van der Waals surface area contributed by atoms with Gasteiger partial charge in [-0.1, -0.05) is 0 Å². The zero-order chi connectivity index (χ0) is 10.9. The Morgan fingerprint density at radius 1 is 1.50 bits per heavy atom. The smallest absolute Gasteiger partial charge is 0.242 e. The number of likely N-dealkylation sites (N-methyl/N-ethyl adjacent to an activating group) is 1. The highest BCUT2D eigenvalue weighted by atomic mass is 16.2. The maximum absolute atomic E-state index is 11.8. The van der Waals surface area contributed by atoms with Gasteiger partial charge in [0.1, 0.15) is 6.04 Å². The molecular weight excluding hydrogens is 182 g/mol. The molecule has 0 aromatic carbocycles. The number of carbonyl (C=O) groups excluding carboxylic acids is 2. The first-order chi connectivity index (χ1) is 6.40. The molecule has 0 aromatic heterocycles. The van der Waals surface area contributed by atoms with Crippen LogP contribution in [-0.4, -0.2) is 41.9 Å². The van der Waals surface area contributed by atoms with Gasteiger partial charge in [0, 0.05) is 6.54 Å². The van der Waals surface area contributed by atoms with E-state index in [2.05, 4.69) is 5.32 Å². The van der Waals surface area contributed by atoms with Crippen LogP contribution in [0.4, 0.5) is 0 Å². The molecule has 1 aliphatic heterocycles. The molecule has 1 atom stereocenters. The molecule has 2 amide bonds. The van der Waals surface area contributed by atoms with Gasteiger partial charge in [-0.3, -0.25) is 9.59 Å². The highest BCUT2D eigenvalue weighted by Gasteiger charge is 2.41. The molecule has 1 unspecified atom stereocenters. The third-order valence-electron chi connectivity index (χ3n) is 2.77. The zero-order valence-electron chi connectivity index (χ0n) is 8.83. The lowest BCUT2D eigenvalue weighted by molar-refractivity contribution is -0.150. The van der Waals surface area contributed by atoms with Crippen LogP contribution in [0.3, 0.4) is 0 Å². The third-order valence-corrected chi connectivity index (χ3v) is 2.77. The van der Waals surface area contributed by atoms with E-state index < -0.39 is 17.5 Å². The maximum atomic E-state index is 11.8. The Hall–Kier alpha value is -1.10. The third kappa shape index (κ3) is 1.72. The van der Waals surface area contributed by atoms with Gasteiger partial charge in [-0.15, -0.1) is 0 Å². The summed E-state index contributed by atoms with van der Waals surface area (Å²) in [7, 11) is 1.72. The average Bonchev–Trinajstić information content (AvgIpc) is 2.01. The van der Waals surface area contributed by atoms with Gasteiger partial charge in [0.15, 0.2) is 0 Å². The fourth-order valence-corrected chi connectivity index (χ4v) is 1.39. The number of rotatable bonds is 3. The Labute approximate surface area is 83.6 Å². The van der Waals surface area contributed by atoms with E-state index in [1.807, 2.05) is 0 Å². The number of carbonyl (C=O) groups is 2. The highest BCUT2D eigenvalue weighted by Crippen LogP contribution is 2.21. The van der Waals surface area contributed by atoms with Crippen molar-refractivity contribution in [2.45, 2.75) is 31.8 Å². The van der Waals surface area contributed by atoms with E-state index in [4.69, 9.17) is 5.73 Å². The molecule has 0 radical (unpaired) electrons. The molecule has 1 saturated heterocycles. The van der Waals surface area contributed by atoms with Gasteiger partial charge >= 0.3 is 0 Å². The standard InChI is InChI=1S/C9H17N3O2/c1-9(2,11-3)8(14)12-5-4-6(12)7(10)13/h6,11H,4-5H2,1-3H3,(H2,10,13). The summed E-state index contributed by atoms with van der Waals surface area (Å²) in [6.07, 6.45) is 0.681. The average molecular weight is 199 g/mol. The summed E-state index contributed by atoms with van der Waals surface area (Å²) in [4.78, 5) is 24.3. The Morgan fingerprint density at radius 2 is 2.07 bits per heavy atom. The summed E-state index contributed by atoms with van der Waals surface area (Å²) < 4.78 is 0. The molecule has 1 fully saturated rings. The summed E-state index contributed by atoms with van der Waals surface area (Å²) >= 11 is 0. The van der Waals surface area contributed by atoms with Crippen LogP contribution in [0.5, 0.6) is 0 Å². The normalized spacial score (nSPS) is 21.6. The number of nitrogens with two attached hydrogens (primary N) is 1. The van der Waals surface area contributed by atoms with Gasteiger partial charge in [-0.25, -0.2) is 0 Å². The van der Waals surface area contributed by atoms with E-state index in [0.717, 1.165) is 0 Å². The zero-order valence-corrected chi connectivity index (χ0v) is 8.83. The van der Waals surface area contributed by atoms with E-state index in [1.54, 1.807) is 20.9 Å². The summed E-state index contributed by atoms with van der Waals surface area (Å²) in [5, 5.41) is 2.91. The van der Waals surface area contributed by atoms with Crippen molar-refractivity contribution in [2.24, 2.45) is 5.73 Å². The van der Waals surface area contributed by atoms with Gasteiger partial charge in [0.25, 0.3) is 0 Å². The lowest BCUT2D eigenvalue weighted by Gasteiger charge is -2.42. The van der Waals surface area contributed by atoms with E-state index in [-0.39, 0.29) is 5.91 Å². The molecule has 1 rings (SSSR count). The van der Waals surface area contributed by atoms with E-state index in [9.17, 15) is 9.59 Å². The SMILES string of the molecule is CNC(C)(C)C(=O)N1CCC1C(N)=O. The topological polar surface area (TPSA) is 75.4 Å². The number of amides is 2. The Balaban J connectivity index is 2.67.